The lowest BCUT2D eigenvalue weighted by atomic mass is 9.94. The first kappa shape index (κ1) is 21.7. The van der Waals surface area contributed by atoms with E-state index < -0.39 is 17.2 Å². The Balaban J connectivity index is 1.84. The van der Waals surface area contributed by atoms with E-state index in [2.05, 4.69) is 5.10 Å². The van der Waals surface area contributed by atoms with Crippen molar-refractivity contribution in [1.29, 1.82) is 0 Å². The van der Waals surface area contributed by atoms with Crippen LogP contribution in [0.15, 0.2) is 64.2 Å². The van der Waals surface area contributed by atoms with E-state index in [0.717, 1.165) is 41.4 Å². The van der Waals surface area contributed by atoms with Crippen LogP contribution in [0.25, 0.3) is 5.69 Å². The fourth-order valence-electron chi connectivity index (χ4n) is 4.28. The Labute approximate surface area is 186 Å². The summed E-state index contributed by atoms with van der Waals surface area (Å²) in [7, 11) is 1.73. The predicted molar refractivity (Wildman–Crippen MR) is 123 cm³/mol. The number of carbonyl (C=O) groups excluding carboxylic acids is 1. The second-order valence-corrected chi connectivity index (χ2v) is 8.47. The number of amides is 1. The summed E-state index contributed by atoms with van der Waals surface area (Å²) in [6.45, 7) is 1.98. The first-order valence-electron chi connectivity index (χ1n) is 11.1. The van der Waals surface area contributed by atoms with Crippen molar-refractivity contribution in [3.05, 3.63) is 92.3 Å². The van der Waals surface area contributed by atoms with Gasteiger partial charge in [0.15, 0.2) is 0 Å². The molecule has 32 heavy (non-hydrogen) atoms. The van der Waals surface area contributed by atoms with Crippen LogP contribution < -0.4 is 11.2 Å². The zero-order chi connectivity index (χ0) is 22.7. The van der Waals surface area contributed by atoms with Gasteiger partial charge in [-0.3, -0.25) is 14.2 Å². The minimum absolute atomic E-state index is 0.0697. The zero-order valence-electron chi connectivity index (χ0n) is 18.5. The Kier molecular flexibility index (Phi) is 6.35. The van der Waals surface area contributed by atoms with Gasteiger partial charge >= 0.3 is 5.69 Å². The maximum atomic E-state index is 13.4. The average molecular weight is 433 g/mol. The van der Waals surface area contributed by atoms with Crippen LogP contribution in [0.2, 0.25) is 0 Å². The number of rotatable bonds is 5. The molecule has 0 atom stereocenters. The molecule has 166 valence electrons. The number of hydrogen-bond acceptors (Lipinski definition) is 4. The highest BCUT2D eigenvalue weighted by atomic mass is 16.2. The van der Waals surface area contributed by atoms with Crippen LogP contribution in [0, 0.1) is 6.92 Å². The lowest BCUT2D eigenvalue weighted by molar-refractivity contribution is 0.0684. The van der Waals surface area contributed by atoms with E-state index in [1.165, 1.54) is 11.1 Å². The molecule has 0 unspecified atom stereocenters. The van der Waals surface area contributed by atoms with Gasteiger partial charge in [-0.2, -0.15) is 9.78 Å². The molecule has 1 aliphatic carbocycles. The van der Waals surface area contributed by atoms with Crippen LogP contribution in [-0.2, 0) is 6.54 Å². The summed E-state index contributed by atoms with van der Waals surface area (Å²) in [6, 6.07) is 16.6. The van der Waals surface area contributed by atoms with E-state index >= 15 is 0 Å². The topological polar surface area (TPSA) is 77.2 Å². The maximum Gasteiger partial charge on any atom is 0.352 e. The molecule has 1 fully saturated rings. The molecular formula is C25H28N4O3. The fraction of sp³-hybridized carbons (Fsp3) is 0.360. The standard InChI is InChI=1S/C25H28N4O3/c1-18-10-9-15-21(16-18)29-25(32)28(17-19-11-5-3-6-12-19)24(31)22(26-29)23(30)27(2)20-13-7-4-8-14-20/h3,5-6,9-12,15-16,20H,4,7-8,13-14,17H2,1-2H3. The smallest absolute Gasteiger partial charge is 0.337 e. The number of hydrogen-bond donors (Lipinski definition) is 0. The normalized spacial score (nSPS) is 14.3. The maximum absolute atomic E-state index is 13.4. The van der Waals surface area contributed by atoms with Crippen molar-refractivity contribution >= 4 is 5.91 Å². The monoisotopic (exact) mass is 432 g/mol. The largest absolute Gasteiger partial charge is 0.352 e. The van der Waals surface area contributed by atoms with Crippen LogP contribution >= 0.6 is 0 Å². The van der Waals surface area contributed by atoms with Gasteiger partial charge in [0, 0.05) is 13.1 Å². The molecule has 1 aromatic heterocycles. The molecule has 1 amide bonds. The summed E-state index contributed by atoms with van der Waals surface area (Å²) in [6.07, 6.45) is 5.13. The summed E-state index contributed by atoms with van der Waals surface area (Å²) in [5.41, 5.74) is 0.815. The average Bonchev–Trinajstić information content (AvgIpc) is 2.82. The summed E-state index contributed by atoms with van der Waals surface area (Å²) >= 11 is 0. The first-order chi connectivity index (χ1) is 15.5. The molecule has 1 saturated carbocycles. The Morgan fingerprint density at radius 3 is 2.44 bits per heavy atom. The van der Waals surface area contributed by atoms with Crippen LogP contribution in [0.5, 0.6) is 0 Å². The number of aromatic nitrogens is 3. The van der Waals surface area contributed by atoms with Gasteiger partial charge < -0.3 is 4.90 Å². The summed E-state index contributed by atoms with van der Waals surface area (Å²) in [5, 5.41) is 4.28. The van der Waals surface area contributed by atoms with Gasteiger partial charge in [-0.1, -0.05) is 61.7 Å². The summed E-state index contributed by atoms with van der Waals surface area (Å²) in [5.74, 6) is -0.440. The third-order valence-corrected chi connectivity index (χ3v) is 6.13. The van der Waals surface area contributed by atoms with E-state index in [0.29, 0.717) is 5.69 Å². The molecule has 3 aromatic rings. The fourth-order valence-corrected chi connectivity index (χ4v) is 4.28. The number of carbonyl (C=O) groups is 1. The van der Waals surface area contributed by atoms with Crippen molar-refractivity contribution in [2.24, 2.45) is 0 Å². The molecule has 7 nitrogen and oxygen atoms in total. The van der Waals surface area contributed by atoms with E-state index in [9.17, 15) is 14.4 Å². The highest BCUT2D eigenvalue weighted by molar-refractivity contribution is 5.91. The molecule has 1 heterocycles. The second kappa shape index (κ2) is 9.34. The Hall–Kier alpha value is -3.48. The lowest BCUT2D eigenvalue weighted by Gasteiger charge is -2.30. The van der Waals surface area contributed by atoms with E-state index in [4.69, 9.17) is 0 Å². The van der Waals surface area contributed by atoms with Gasteiger partial charge in [0.2, 0.25) is 5.69 Å². The molecule has 7 heteroatoms. The zero-order valence-corrected chi connectivity index (χ0v) is 18.5. The quantitative estimate of drug-likeness (QED) is 0.621. The van der Waals surface area contributed by atoms with Gasteiger partial charge in [0.1, 0.15) is 0 Å². The second-order valence-electron chi connectivity index (χ2n) is 8.47. The summed E-state index contributed by atoms with van der Waals surface area (Å²) in [4.78, 5) is 41.6. The lowest BCUT2D eigenvalue weighted by Crippen LogP contribution is -2.48. The molecule has 0 saturated heterocycles. The third-order valence-electron chi connectivity index (χ3n) is 6.13. The Bertz CT molecular complexity index is 1220. The van der Waals surface area contributed by atoms with Crippen LogP contribution in [0.4, 0.5) is 0 Å². The summed E-state index contributed by atoms with van der Waals surface area (Å²) < 4.78 is 2.27. The molecule has 1 aliphatic rings. The van der Waals surface area contributed by atoms with Gasteiger partial charge in [-0.25, -0.2) is 4.79 Å². The van der Waals surface area contributed by atoms with Gasteiger partial charge in [-0.05, 0) is 43.0 Å². The highest BCUT2D eigenvalue weighted by Crippen LogP contribution is 2.22. The van der Waals surface area contributed by atoms with E-state index in [1.54, 1.807) is 18.0 Å². The van der Waals surface area contributed by atoms with Gasteiger partial charge in [0.05, 0.1) is 12.2 Å². The van der Waals surface area contributed by atoms with Crippen molar-refractivity contribution in [1.82, 2.24) is 19.2 Å². The van der Waals surface area contributed by atoms with Crippen LogP contribution in [0.3, 0.4) is 0 Å². The number of nitrogens with zero attached hydrogens (tertiary/aromatic N) is 4. The predicted octanol–water partition coefficient (Wildman–Crippen LogP) is 3.16. The van der Waals surface area contributed by atoms with Crippen molar-refractivity contribution < 1.29 is 4.79 Å². The highest BCUT2D eigenvalue weighted by Gasteiger charge is 2.28. The van der Waals surface area contributed by atoms with Crippen molar-refractivity contribution in [2.45, 2.75) is 51.6 Å². The van der Waals surface area contributed by atoms with E-state index in [1.807, 2.05) is 55.5 Å². The van der Waals surface area contributed by atoms with Crippen LogP contribution in [-0.4, -0.2) is 38.2 Å². The Morgan fingerprint density at radius 2 is 1.75 bits per heavy atom. The van der Waals surface area contributed by atoms with Crippen molar-refractivity contribution in [3.8, 4) is 5.69 Å². The molecule has 0 radical (unpaired) electrons. The number of aryl methyl sites for hydroxylation is 1. The third kappa shape index (κ3) is 4.42. The first-order valence-corrected chi connectivity index (χ1v) is 11.1. The minimum atomic E-state index is -0.657. The van der Waals surface area contributed by atoms with Crippen molar-refractivity contribution in [2.75, 3.05) is 7.05 Å². The van der Waals surface area contributed by atoms with Gasteiger partial charge in [-0.15, -0.1) is 0 Å². The molecule has 0 spiro atoms. The SMILES string of the molecule is Cc1cccc(-n2nc(C(=O)N(C)C3CCCCC3)c(=O)n(Cc3ccccc3)c2=O)c1. The van der Waals surface area contributed by atoms with Crippen molar-refractivity contribution in [3.63, 3.8) is 0 Å². The molecule has 0 bridgehead atoms. The van der Waals surface area contributed by atoms with Gasteiger partial charge in [0.25, 0.3) is 11.5 Å². The minimum Gasteiger partial charge on any atom is -0.337 e. The van der Waals surface area contributed by atoms with Crippen LogP contribution in [0.1, 0.15) is 53.7 Å². The molecule has 2 aromatic carbocycles. The van der Waals surface area contributed by atoms with E-state index in [-0.39, 0.29) is 18.3 Å². The number of benzene rings is 2. The molecular weight excluding hydrogens is 404 g/mol. The molecule has 0 aliphatic heterocycles. The molecule has 0 N–H and O–H groups in total. The Morgan fingerprint density at radius 1 is 1.03 bits per heavy atom. The molecule has 4 rings (SSSR count).